The summed E-state index contributed by atoms with van der Waals surface area (Å²) in [6, 6.07) is 4.51. The molecule has 0 bridgehead atoms. The van der Waals surface area contributed by atoms with Gasteiger partial charge in [0.05, 0.1) is 25.8 Å². The third-order valence-electron chi connectivity index (χ3n) is 5.04. The highest BCUT2D eigenvalue weighted by Crippen LogP contribution is 2.38. The number of aliphatic hydroxyl groups is 1. The molecule has 3 rings (SSSR count). The Bertz CT molecular complexity index is 584. The van der Waals surface area contributed by atoms with Crippen molar-refractivity contribution >= 4 is 5.91 Å². The summed E-state index contributed by atoms with van der Waals surface area (Å²) in [5.41, 5.74) is 0.722. The Morgan fingerprint density at radius 1 is 1.42 bits per heavy atom. The second-order valence-corrected chi connectivity index (χ2v) is 6.81. The number of carbonyl (C=O) groups is 1. The monoisotopic (exact) mass is 336 g/mol. The topological polar surface area (TPSA) is 61.8 Å². The zero-order valence-electron chi connectivity index (χ0n) is 14.0. The van der Waals surface area contributed by atoms with Crippen LogP contribution < -0.4 is 10.1 Å². The average molecular weight is 336 g/mol. The number of hydrogen-bond acceptors (Lipinski definition) is 4. The SMILES string of the molecule is COc1ccc([C@@H](NC(=O)CN2CCCC2)C2CC(O)C2)cc1F. The Labute approximate surface area is 141 Å². The Morgan fingerprint density at radius 2 is 2.12 bits per heavy atom. The van der Waals surface area contributed by atoms with Crippen LogP contribution >= 0.6 is 0 Å². The molecule has 2 N–H and O–H groups in total. The van der Waals surface area contributed by atoms with Crippen LogP contribution in [-0.2, 0) is 4.79 Å². The maximum atomic E-state index is 14.0. The number of aliphatic hydroxyl groups excluding tert-OH is 1. The largest absolute Gasteiger partial charge is 0.494 e. The lowest BCUT2D eigenvalue weighted by Crippen LogP contribution is -2.44. The van der Waals surface area contributed by atoms with Gasteiger partial charge >= 0.3 is 0 Å². The molecule has 1 aliphatic heterocycles. The molecule has 1 amide bonds. The number of methoxy groups -OCH3 is 1. The molecular weight excluding hydrogens is 311 g/mol. The second-order valence-electron chi connectivity index (χ2n) is 6.81. The molecule has 1 atom stereocenters. The van der Waals surface area contributed by atoms with Crippen LogP contribution in [0.4, 0.5) is 4.39 Å². The molecule has 2 fully saturated rings. The molecule has 1 heterocycles. The van der Waals surface area contributed by atoms with Gasteiger partial charge in [-0.05, 0) is 62.4 Å². The quantitative estimate of drug-likeness (QED) is 0.832. The summed E-state index contributed by atoms with van der Waals surface area (Å²) in [4.78, 5) is 14.5. The van der Waals surface area contributed by atoms with E-state index in [0.717, 1.165) is 31.5 Å². The van der Waals surface area contributed by atoms with Gasteiger partial charge < -0.3 is 15.2 Å². The van der Waals surface area contributed by atoms with Crippen molar-refractivity contribution in [2.24, 2.45) is 5.92 Å². The van der Waals surface area contributed by atoms with Crippen molar-refractivity contribution < 1.29 is 19.0 Å². The number of nitrogens with zero attached hydrogens (tertiary/aromatic N) is 1. The maximum Gasteiger partial charge on any atom is 0.234 e. The molecule has 0 unspecified atom stereocenters. The summed E-state index contributed by atoms with van der Waals surface area (Å²) in [7, 11) is 1.43. The van der Waals surface area contributed by atoms with Gasteiger partial charge in [-0.2, -0.15) is 0 Å². The van der Waals surface area contributed by atoms with E-state index in [9.17, 15) is 14.3 Å². The molecule has 1 aromatic carbocycles. The molecule has 2 aliphatic rings. The van der Waals surface area contributed by atoms with Crippen molar-refractivity contribution in [2.75, 3.05) is 26.7 Å². The van der Waals surface area contributed by atoms with Crippen LogP contribution in [-0.4, -0.2) is 48.8 Å². The number of ether oxygens (including phenoxy) is 1. The highest BCUT2D eigenvalue weighted by atomic mass is 19.1. The van der Waals surface area contributed by atoms with E-state index in [-0.39, 0.29) is 29.7 Å². The number of likely N-dealkylation sites (tertiary alicyclic amines) is 1. The molecule has 5 nitrogen and oxygen atoms in total. The first kappa shape index (κ1) is 17.2. The van der Waals surface area contributed by atoms with E-state index in [0.29, 0.717) is 19.4 Å². The Balaban J connectivity index is 1.71. The first-order valence-electron chi connectivity index (χ1n) is 8.60. The number of halogens is 1. The lowest BCUT2D eigenvalue weighted by atomic mass is 9.75. The molecule has 1 aliphatic carbocycles. The Kier molecular flexibility index (Phi) is 5.36. The van der Waals surface area contributed by atoms with E-state index >= 15 is 0 Å². The van der Waals surface area contributed by atoms with Gasteiger partial charge in [0.2, 0.25) is 5.91 Å². The summed E-state index contributed by atoms with van der Waals surface area (Å²) in [5.74, 6) is -0.155. The van der Waals surface area contributed by atoms with E-state index in [4.69, 9.17) is 4.74 Å². The van der Waals surface area contributed by atoms with Crippen molar-refractivity contribution in [1.29, 1.82) is 0 Å². The number of carbonyl (C=O) groups excluding carboxylic acids is 1. The first-order chi connectivity index (χ1) is 11.6. The Morgan fingerprint density at radius 3 is 2.71 bits per heavy atom. The fourth-order valence-corrected chi connectivity index (χ4v) is 3.61. The first-order valence-corrected chi connectivity index (χ1v) is 8.60. The summed E-state index contributed by atoms with van der Waals surface area (Å²) in [6.45, 7) is 2.29. The van der Waals surface area contributed by atoms with Gasteiger partial charge in [0.25, 0.3) is 0 Å². The van der Waals surface area contributed by atoms with Crippen molar-refractivity contribution in [3.63, 3.8) is 0 Å². The van der Waals surface area contributed by atoms with Crippen molar-refractivity contribution in [3.8, 4) is 5.75 Å². The Hall–Kier alpha value is -1.66. The van der Waals surface area contributed by atoms with E-state index in [1.165, 1.54) is 13.2 Å². The predicted molar refractivity (Wildman–Crippen MR) is 88.2 cm³/mol. The smallest absolute Gasteiger partial charge is 0.234 e. The fraction of sp³-hybridized carbons (Fsp3) is 0.611. The number of hydrogen-bond donors (Lipinski definition) is 2. The minimum atomic E-state index is -0.436. The third kappa shape index (κ3) is 3.87. The van der Waals surface area contributed by atoms with Crippen LogP contribution in [0.1, 0.15) is 37.3 Å². The van der Waals surface area contributed by atoms with Crippen LogP contribution in [0.2, 0.25) is 0 Å². The van der Waals surface area contributed by atoms with Crippen LogP contribution in [0, 0.1) is 11.7 Å². The molecule has 1 aromatic rings. The third-order valence-corrected chi connectivity index (χ3v) is 5.04. The average Bonchev–Trinajstić information content (AvgIpc) is 3.02. The maximum absolute atomic E-state index is 14.0. The van der Waals surface area contributed by atoms with Crippen molar-refractivity contribution in [1.82, 2.24) is 10.2 Å². The number of benzene rings is 1. The zero-order chi connectivity index (χ0) is 17.1. The van der Waals surface area contributed by atoms with E-state index in [1.54, 1.807) is 12.1 Å². The van der Waals surface area contributed by atoms with Gasteiger partial charge in [-0.15, -0.1) is 0 Å². The lowest BCUT2D eigenvalue weighted by molar-refractivity contribution is -0.124. The number of rotatable bonds is 6. The summed E-state index contributed by atoms with van der Waals surface area (Å²) < 4.78 is 19.0. The van der Waals surface area contributed by atoms with Crippen LogP contribution in [0.5, 0.6) is 5.75 Å². The van der Waals surface area contributed by atoms with Gasteiger partial charge in [-0.3, -0.25) is 9.69 Å². The highest BCUT2D eigenvalue weighted by Gasteiger charge is 2.36. The van der Waals surface area contributed by atoms with Gasteiger partial charge in [-0.1, -0.05) is 6.07 Å². The van der Waals surface area contributed by atoms with Crippen LogP contribution in [0.15, 0.2) is 18.2 Å². The van der Waals surface area contributed by atoms with Crippen molar-refractivity contribution in [3.05, 3.63) is 29.6 Å². The molecule has 0 spiro atoms. The molecule has 0 aromatic heterocycles. The molecule has 1 saturated heterocycles. The van der Waals surface area contributed by atoms with Gasteiger partial charge in [0, 0.05) is 0 Å². The van der Waals surface area contributed by atoms with E-state index < -0.39 is 5.82 Å². The number of nitrogens with one attached hydrogen (secondary N) is 1. The normalized spacial score (nSPS) is 25.1. The van der Waals surface area contributed by atoms with Gasteiger partial charge in [0.15, 0.2) is 11.6 Å². The molecule has 6 heteroatoms. The predicted octanol–water partition coefficient (Wildman–Crippen LogP) is 1.86. The lowest BCUT2D eigenvalue weighted by Gasteiger charge is -2.38. The van der Waals surface area contributed by atoms with Gasteiger partial charge in [0.1, 0.15) is 0 Å². The van der Waals surface area contributed by atoms with Gasteiger partial charge in [-0.25, -0.2) is 4.39 Å². The van der Waals surface area contributed by atoms with E-state index in [1.807, 2.05) is 0 Å². The number of amides is 1. The molecule has 24 heavy (non-hydrogen) atoms. The minimum absolute atomic E-state index is 0.0421. The molecule has 0 radical (unpaired) electrons. The van der Waals surface area contributed by atoms with E-state index in [2.05, 4.69) is 10.2 Å². The fourth-order valence-electron chi connectivity index (χ4n) is 3.61. The summed E-state index contributed by atoms with van der Waals surface area (Å²) in [5, 5.41) is 12.6. The second kappa shape index (κ2) is 7.49. The van der Waals surface area contributed by atoms with Crippen molar-refractivity contribution in [2.45, 2.75) is 37.8 Å². The summed E-state index contributed by atoms with van der Waals surface area (Å²) in [6.07, 6.45) is 3.20. The summed E-state index contributed by atoms with van der Waals surface area (Å²) >= 11 is 0. The van der Waals surface area contributed by atoms with Crippen LogP contribution in [0.3, 0.4) is 0 Å². The highest BCUT2D eigenvalue weighted by molar-refractivity contribution is 5.78. The minimum Gasteiger partial charge on any atom is -0.494 e. The molecule has 1 saturated carbocycles. The zero-order valence-corrected chi connectivity index (χ0v) is 14.0. The molecular formula is C18H25FN2O3. The van der Waals surface area contributed by atoms with Crippen LogP contribution in [0.25, 0.3) is 0 Å². The molecule has 132 valence electrons. The standard InChI is InChI=1S/C18H25FN2O3/c1-24-16-5-4-12(10-15(16)19)18(13-8-14(22)9-13)20-17(23)11-21-6-2-3-7-21/h4-5,10,13-14,18,22H,2-3,6-9,11H2,1H3,(H,20,23)/t13?,14?,18-/m1/s1.